The minimum absolute atomic E-state index is 0.0427. The number of ether oxygens (including phenoxy) is 1. The monoisotopic (exact) mass is 313 g/mol. The number of aromatic nitrogens is 1. The maximum absolute atomic E-state index is 12.4. The van der Waals surface area contributed by atoms with E-state index in [0.29, 0.717) is 11.3 Å². The van der Waals surface area contributed by atoms with Crippen LogP contribution in [-0.4, -0.2) is 17.6 Å². The Labute approximate surface area is 123 Å². The molecule has 0 amide bonds. The van der Waals surface area contributed by atoms with Crippen LogP contribution in [0.15, 0.2) is 28.9 Å². The zero-order valence-corrected chi connectivity index (χ0v) is 11.4. The van der Waals surface area contributed by atoms with Crippen LogP contribution < -0.4 is 4.74 Å². The number of carbonyl (C=O) groups is 1. The largest absolute Gasteiger partial charge is 0.435 e. The van der Waals surface area contributed by atoms with Crippen molar-refractivity contribution in [2.45, 2.75) is 25.4 Å². The molecule has 1 aliphatic rings. The van der Waals surface area contributed by atoms with E-state index < -0.39 is 6.61 Å². The first kappa shape index (κ1) is 14.0. The normalized spacial score (nSPS) is 14.5. The van der Waals surface area contributed by atoms with Crippen LogP contribution in [0.1, 0.15) is 40.4 Å². The van der Waals surface area contributed by atoms with Gasteiger partial charge in [0.1, 0.15) is 5.75 Å². The fourth-order valence-electron chi connectivity index (χ4n) is 2.06. The number of alkyl halides is 2. The molecule has 1 saturated carbocycles. The van der Waals surface area contributed by atoms with E-state index in [2.05, 4.69) is 9.89 Å². The molecule has 0 saturated heterocycles. The van der Waals surface area contributed by atoms with Gasteiger partial charge >= 0.3 is 6.61 Å². The van der Waals surface area contributed by atoms with Crippen molar-refractivity contribution in [3.63, 3.8) is 0 Å². The molecule has 7 heteroatoms. The van der Waals surface area contributed by atoms with Crippen molar-refractivity contribution in [2.75, 3.05) is 0 Å². The molecule has 3 rings (SSSR count). The van der Waals surface area contributed by atoms with Crippen molar-refractivity contribution >= 4 is 17.4 Å². The molecule has 2 aromatic rings. The van der Waals surface area contributed by atoms with Gasteiger partial charge in [-0.3, -0.25) is 4.79 Å². The number of benzene rings is 1. The summed E-state index contributed by atoms with van der Waals surface area (Å²) in [6, 6.07) is 3.81. The molecule has 0 N–H and O–H groups in total. The lowest BCUT2D eigenvalue weighted by molar-refractivity contribution is -0.0498. The highest BCUT2D eigenvalue weighted by molar-refractivity contribution is 6.35. The fraction of sp³-hybridized carbons (Fsp3) is 0.286. The van der Waals surface area contributed by atoms with Crippen LogP contribution >= 0.6 is 11.6 Å². The summed E-state index contributed by atoms with van der Waals surface area (Å²) in [6.45, 7) is -2.94. The molecule has 0 aliphatic heterocycles. The molecule has 1 heterocycles. The Morgan fingerprint density at radius 3 is 2.76 bits per heavy atom. The number of ketones is 1. The van der Waals surface area contributed by atoms with Crippen LogP contribution in [0.5, 0.6) is 5.75 Å². The summed E-state index contributed by atoms with van der Waals surface area (Å²) < 4.78 is 33.6. The van der Waals surface area contributed by atoms with Crippen LogP contribution in [0.2, 0.25) is 5.02 Å². The first-order valence-electron chi connectivity index (χ1n) is 6.30. The highest BCUT2D eigenvalue weighted by atomic mass is 35.5. The number of halogens is 3. The van der Waals surface area contributed by atoms with Gasteiger partial charge in [0, 0.05) is 11.5 Å². The molecule has 0 spiro atoms. The molecule has 1 aromatic carbocycles. The number of nitrogens with zero attached hydrogens (tertiary/aromatic N) is 1. The van der Waals surface area contributed by atoms with Crippen LogP contribution in [0.25, 0.3) is 0 Å². The molecule has 1 fully saturated rings. The maximum Gasteiger partial charge on any atom is 0.387 e. The fourth-order valence-corrected chi connectivity index (χ4v) is 2.32. The number of rotatable bonds is 5. The third-order valence-corrected chi connectivity index (χ3v) is 3.51. The topological polar surface area (TPSA) is 52.3 Å². The molecular formula is C14H10ClF2NO3. The number of hydrogen-bond donors (Lipinski definition) is 0. The summed E-state index contributed by atoms with van der Waals surface area (Å²) in [4.78, 5) is 12.4. The Morgan fingerprint density at radius 2 is 2.14 bits per heavy atom. The lowest BCUT2D eigenvalue weighted by Crippen LogP contribution is -2.05. The smallest absolute Gasteiger partial charge is 0.387 e. The third kappa shape index (κ3) is 2.90. The third-order valence-electron chi connectivity index (χ3n) is 3.20. The van der Waals surface area contributed by atoms with E-state index >= 15 is 0 Å². The minimum Gasteiger partial charge on any atom is -0.435 e. The van der Waals surface area contributed by atoms with E-state index in [1.807, 2.05) is 0 Å². The lowest BCUT2D eigenvalue weighted by atomic mass is 10.0. The standard InChI is InChI=1S/C14H10ClF2NO3/c15-11-5-8(20-14(16)17)3-4-9(11)12(19)10-6-18-21-13(10)7-1-2-7/h3-7,14H,1-2H2. The van der Waals surface area contributed by atoms with Crippen molar-refractivity contribution in [2.24, 2.45) is 0 Å². The van der Waals surface area contributed by atoms with Gasteiger partial charge in [-0.1, -0.05) is 16.8 Å². The second kappa shape index (κ2) is 5.44. The lowest BCUT2D eigenvalue weighted by Gasteiger charge is -2.07. The van der Waals surface area contributed by atoms with Gasteiger partial charge in [0.15, 0.2) is 11.5 Å². The summed E-state index contributed by atoms with van der Waals surface area (Å²) >= 11 is 5.98. The van der Waals surface area contributed by atoms with Gasteiger partial charge in [-0.15, -0.1) is 0 Å². The Balaban J connectivity index is 1.89. The maximum atomic E-state index is 12.4. The Kier molecular flexibility index (Phi) is 3.63. The van der Waals surface area contributed by atoms with Gasteiger partial charge in [-0.2, -0.15) is 8.78 Å². The van der Waals surface area contributed by atoms with Crippen molar-refractivity contribution < 1.29 is 22.8 Å². The van der Waals surface area contributed by atoms with Crippen LogP contribution in [0.3, 0.4) is 0 Å². The van der Waals surface area contributed by atoms with Crippen LogP contribution in [0.4, 0.5) is 8.78 Å². The van der Waals surface area contributed by atoms with Gasteiger partial charge in [0.05, 0.1) is 16.8 Å². The quantitative estimate of drug-likeness (QED) is 0.782. The summed E-state index contributed by atoms with van der Waals surface area (Å²) in [5.74, 6) is 0.349. The van der Waals surface area contributed by atoms with Gasteiger partial charge in [0.25, 0.3) is 0 Å². The molecule has 0 bridgehead atoms. The summed E-state index contributed by atoms with van der Waals surface area (Å²) in [5, 5.41) is 3.70. The van der Waals surface area contributed by atoms with Crippen molar-refractivity contribution in [1.82, 2.24) is 5.16 Å². The van der Waals surface area contributed by atoms with E-state index in [-0.39, 0.29) is 28.0 Å². The predicted octanol–water partition coefficient (Wildman–Crippen LogP) is 4.04. The van der Waals surface area contributed by atoms with Crippen LogP contribution in [0, 0.1) is 0 Å². The Morgan fingerprint density at radius 1 is 1.38 bits per heavy atom. The van der Waals surface area contributed by atoms with Gasteiger partial charge < -0.3 is 9.26 Å². The Hall–Kier alpha value is -1.95. The van der Waals surface area contributed by atoms with E-state index in [4.69, 9.17) is 16.1 Å². The van der Waals surface area contributed by atoms with Gasteiger partial charge in [-0.25, -0.2) is 0 Å². The molecule has 4 nitrogen and oxygen atoms in total. The van der Waals surface area contributed by atoms with Crippen molar-refractivity contribution in [1.29, 1.82) is 0 Å². The molecule has 110 valence electrons. The highest BCUT2D eigenvalue weighted by Crippen LogP contribution is 2.42. The molecule has 21 heavy (non-hydrogen) atoms. The molecule has 0 atom stereocenters. The molecule has 1 aliphatic carbocycles. The predicted molar refractivity (Wildman–Crippen MR) is 70.0 cm³/mol. The molecular weight excluding hydrogens is 304 g/mol. The Bertz CT molecular complexity index is 683. The van der Waals surface area contributed by atoms with E-state index in [0.717, 1.165) is 12.8 Å². The van der Waals surface area contributed by atoms with E-state index in [1.165, 1.54) is 24.4 Å². The molecule has 1 aromatic heterocycles. The van der Waals surface area contributed by atoms with Crippen molar-refractivity contribution in [3.05, 3.63) is 46.3 Å². The zero-order valence-electron chi connectivity index (χ0n) is 10.7. The highest BCUT2D eigenvalue weighted by Gasteiger charge is 2.33. The van der Waals surface area contributed by atoms with Crippen molar-refractivity contribution in [3.8, 4) is 5.75 Å². The van der Waals surface area contributed by atoms with E-state index in [9.17, 15) is 13.6 Å². The summed E-state index contributed by atoms with van der Waals surface area (Å²) in [5.41, 5.74) is 0.560. The summed E-state index contributed by atoms with van der Waals surface area (Å²) in [7, 11) is 0. The molecule has 0 radical (unpaired) electrons. The van der Waals surface area contributed by atoms with Crippen LogP contribution in [-0.2, 0) is 0 Å². The molecule has 0 unspecified atom stereocenters. The SMILES string of the molecule is O=C(c1ccc(OC(F)F)cc1Cl)c1cnoc1C1CC1. The number of hydrogen-bond acceptors (Lipinski definition) is 4. The average Bonchev–Trinajstić information content (AvgIpc) is 3.15. The average molecular weight is 314 g/mol. The van der Waals surface area contributed by atoms with Gasteiger partial charge in [0.2, 0.25) is 0 Å². The second-order valence-electron chi connectivity index (χ2n) is 4.73. The number of carbonyl (C=O) groups excluding carboxylic acids is 1. The van der Waals surface area contributed by atoms with E-state index in [1.54, 1.807) is 0 Å². The van der Waals surface area contributed by atoms with Gasteiger partial charge in [-0.05, 0) is 31.0 Å². The second-order valence-corrected chi connectivity index (χ2v) is 5.13. The summed E-state index contributed by atoms with van der Waals surface area (Å²) in [6.07, 6.45) is 3.28. The zero-order chi connectivity index (χ0) is 15.0. The first-order chi connectivity index (χ1) is 10.1. The first-order valence-corrected chi connectivity index (χ1v) is 6.67. The minimum atomic E-state index is -2.94.